The lowest BCUT2D eigenvalue weighted by Crippen LogP contribution is -2.46. The van der Waals surface area contributed by atoms with Crippen molar-refractivity contribution in [2.75, 3.05) is 6.54 Å². The minimum atomic E-state index is -0.950. The third-order valence-corrected chi connectivity index (χ3v) is 4.08. The summed E-state index contributed by atoms with van der Waals surface area (Å²) in [6.45, 7) is 4.08. The molecule has 3 nitrogen and oxygen atoms in total. The molecule has 0 saturated heterocycles. The highest BCUT2D eigenvalue weighted by Crippen LogP contribution is 2.21. The standard InChI is InChI=1S/C19H21Cl2NO2/c1-19(2,24-17-11-9-16(21)10-12-17)18(23)22-13-3-4-14-5-7-15(20)8-6-14/h5-12H,3-4,13H2,1-2H3,(H,22,23). The normalized spacial score (nSPS) is 11.2. The van der Waals surface area contributed by atoms with Crippen LogP contribution in [0.1, 0.15) is 25.8 Å². The Morgan fingerprint density at radius 3 is 2.12 bits per heavy atom. The van der Waals surface area contributed by atoms with Gasteiger partial charge in [-0.1, -0.05) is 35.3 Å². The molecule has 0 saturated carbocycles. The van der Waals surface area contributed by atoms with E-state index in [1.165, 1.54) is 5.56 Å². The van der Waals surface area contributed by atoms with E-state index in [9.17, 15) is 4.79 Å². The molecule has 0 aromatic heterocycles. The van der Waals surface area contributed by atoms with Crippen LogP contribution in [0.5, 0.6) is 5.75 Å². The third kappa shape index (κ3) is 5.73. The highest BCUT2D eigenvalue weighted by molar-refractivity contribution is 6.30. The number of carbonyl (C=O) groups is 1. The van der Waals surface area contributed by atoms with Crippen LogP contribution in [0.2, 0.25) is 10.0 Å². The molecule has 0 fully saturated rings. The van der Waals surface area contributed by atoms with Crippen LogP contribution in [-0.4, -0.2) is 18.1 Å². The average molecular weight is 366 g/mol. The lowest BCUT2D eigenvalue weighted by atomic mass is 10.1. The molecule has 0 aliphatic heterocycles. The fourth-order valence-electron chi connectivity index (χ4n) is 2.20. The highest BCUT2D eigenvalue weighted by Gasteiger charge is 2.29. The summed E-state index contributed by atoms with van der Waals surface area (Å²) in [6, 6.07) is 14.7. The number of aryl methyl sites for hydroxylation is 1. The van der Waals surface area contributed by atoms with Gasteiger partial charge in [0.05, 0.1) is 0 Å². The molecule has 0 atom stereocenters. The van der Waals surface area contributed by atoms with E-state index in [4.69, 9.17) is 27.9 Å². The second-order valence-electron chi connectivity index (χ2n) is 6.05. The number of hydrogen-bond donors (Lipinski definition) is 1. The number of nitrogens with one attached hydrogen (secondary N) is 1. The van der Waals surface area contributed by atoms with Gasteiger partial charge in [0.15, 0.2) is 5.60 Å². The predicted molar refractivity (Wildman–Crippen MR) is 98.9 cm³/mol. The fourth-order valence-corrected chi connectivity index (χ4v) is 2.45. The Bertz CT molecular complexity index is 667. The zero-order chi connectivity index (χ0) is 17.6. The van der Waals surface area contributed by atoms with Crippen molar-refractivity contribution >= 4 is 29.1 Å². The largest absolute Gasteiger partial charge is 0.478 e. The number of halogens is 2. The Kier molecular flexibility index (Phi) is 6.52. The zero-order valence-electron chi connectivity index (χ0n) is 13.8. The van der Waals surface area contributed by atoms with Crippen molar-refractivity contribution in [3.05, 3.63) is 64.1 Å². The first-order valence-corrected chi connectivity index (χ1v) is 8.60. The second kappa shape index (κ2) is 8.41. The Balaban J connectivity index is 1.77. The van der Waals surface area contributed by atoms with E-state index >= 15 is 0 Å². The summed E-state index contributed by atoms with van der Waals surface area (Å²) in [5, 5.41) is 4.28. The van der Waals surface area contributed by atoms with Gasteiger partial charge >= 0.3 is 0 Å². The van der Waals surface area contributed by atoms with Gasteiger partial charge in [-0.25, -0.2) is 0 Å². The van der Waals surface area contributed by atoms with Gasteiger partial charge in [-0.3, -0.25) is 4.79 Å². The molecule has 0 spiro atoms. The van der Waals surface area contributed by atoms with Crippen LogP contribution >= 0.6 is 23.2 Å². The second-order valence-corrected chi connectivity index (χ2v) is 6.93. The summed E-state index contributed by atoms with van der Waals surface area (Å²) >= 11 is 11.7. The van der Waals surface area contributed by atoms with Gasteiger partial charge in [-0.05, 0) is 68.7 Å². The van der Waals surface area contributed by atoms with E-state index in [1.807, 2.05) is 24.3 Å². The Morgan fingerprint density at radius 2 is 1.54 bits per heavy atom. The average Bonchev–Trinajstić information content (AvgIpc) is 2.55. The summed E-state index contributed by atoms with van der Waals surface area (Å²) in [5.41, 5.74) is 0.249. The maximum absolute atomic E-state index is 12.3. The van der Waals surface area contributed by atoms with Crippen LogP contribution in [0, 0.1) is 0 Å². The monoisotopic (exact) mass is 365 g/mol. The summed E-state index contributed by atoms with van der Waals surface area (Å²) in [7, 11) is 0. The molecule has 0 bridgehead atoms. The van der Waals surface area contributed by atoms with Gasteiger partial charge in [-0.15, -0.1) is 0 Å². The minimum absolute atomic E-state index is 0.145. The Morgan fingerprint density at radius 1 is 1.00 bits per heavy atom. The predicted octanol–water partition coefficient (Wildman–Crippen LogP) is 4.90. The topological polar surface area (TPSA) is 38.3 Å². The first-order chi connectivity index (χ1) is 11.4. The number of ether oxygens (including phenoxy) is 1. The number of rotatable bonds is 7. The molecule has 128 valence electrons. The van der Waals surface area contributed by atoms with Crippen LogP contribution < -0.4 is 10.1 Å². The molecule has 24 heavy (non-hydrogen) atoms. The molecule has 5 heteroatoms. The van der Waals surface area contributed by atoms with E-state index in [0.717, 1.165) is 17.9 Å². The van der Waals surface area contributed by atoms with Gasteiger partial charge in [0.25, 0.3) is 5.91 Å². The maximum atomic E-state index is 12.3. The van der Waals surface area contributed by atoms with Crippen molar-refractivity contribution in [2.45, 2.75) is 32.3 Å². The highest BCUT2D eigenvalue weighted by atomic mass is 35.5. The first kappa shape index (κ1) is 18.6. The lowest BCUT2D eigenvalue weighted by Gasteiger charge is -2.25. The quantitative estimate of drug-likeness (QED) is 0.708. The first-order valence-electron chi connectivity index (χ1n) is 7.84. The van der Waals surface area contributed by atoms with Crippen LogP contribution in [0.25, 0.3) is 0 Å². The van der Waals surface area contributed by atoms with Crippen LogP contribution in [0.3, 0.4) is 0 Å². The summed E-state index contributed by atoms with van der Waals surface area (Å²) < 4.78 is 5.76. The number of hydrogen-bond acceptors (Lipinski definition) is 2. The van der Waals surface area contributed by atoms with Crippen molar-refractivity contribution in [3.8, 4) is 5.75 Å². The molecular formula is C19H21Cl2NO2. The Hall–Kier alpha value is -1.71. The zero-order valence-corrected chi connectivity index (χ0v) is 15.3. The van der Waals surface area contributed by atoms with Gasteiger partial charge in [0, 0.05) is 16.6 Å². The van der Waals surface area contributed by atoms with Gasteiger partial charge in [-0.2, -0.15) is 0 Å². The SMILES string of the molecule is CC(C)(Oc1ccc(Cl)cc1)C(=O)NCCCc1ccc(Cl)cc1. The molecule has 1 amide bonds. The van der Waals surface area contributed by atoms with E-state index in [2.05, 4.69) is 5.32 Å². The number of benzene rings is 2. The summed E-state index contributed by atoms with van der Waals surface area (Å²) in [6.07, 6.45) is 1.74. The van der Waals surface area contributed by atoms with E-state index in [0.29, 0.717) is 17.3 Å². The molecule has 0 heterocycles. The molecule has 2 aromatic carbocycles. The summed E-state index contributed by atoms with van der Waals surface area (Å²) in [4.78, 5) is 12.3. The van der Waals surface area contributed by atoms with Crippen molar-refractivity contribution in [2.24, 2.45) is 0 Å². The van der Waals surface area contributed by atoms with Crippen LogP contribution in [-0.2, 0) is 11.2 Å². The van der Waals surface area contributed by atoms with Gasteiger partial charge in [0.2, 0.25) is 0 Å². The van der Waals surface area contributed by atoms with Crippen LogP contribution in [0.15, 0.2) is 48.5 Å². The van der Waals surface area contributed by atoms with Crippen molar-refractivity contribution < 1.29 is 9.53 Å². The molecule has 0 unspecified atom stereocenters. The van der Waals surface area contributed by atoms with E-state index in [-0.39, 0.29) is 5.91 Å². The van der Waals surface area contributed by atoms with E-state index < -0.39 is 5.60 Å². The van der Waals surface area contributed by atoms with Crippen molar-refractivity contribution in [3.63, 3.8) is 0 Å². The molecule has 2 rings (SSSR count). The fraction of sp³-hybridized carbons (Fsp3) is 0.316. The summed E-state index contributed by atoms with van der Waals surface area (Å²) in [5.74, 6) is 0.467. The number of amides is 1. The Labute approximate surface area is 152 Å². The number of carbonyl (C=O) groups excluding carboxylic acids is 1. The van der Waals surface area contributed by atoms with E-state index in [1.54, 1.807) is 38.1 Å². The van der Waals surface area contributed by atoms with Gasteiger partial charge in [0.1, 0.15) is 5.75 Å². The molecule has 0 radical (unpaired) electrons. The van der Waals surface area contributed by atoms with Crippen LogP contribution in [0.4, 0.5) is 0 Å². The maximum Gasteiger partial charge on any atom is 0.263 e. The third-order valence-electron chi connectivity index (χ3n) is 3.57. The molecular weight excluding hydrogens is 345 g/mol. The molecule has 0 aliphatic rings. The van der Waals surface area contributed by atoms with Crippen molar-refractivity contribution in [1.82, 2.24) is 5.32 Å². The molecule has 0 aliphatic carbocycles. The molecule has 1 N–H and O–H groups in total. The smallest absolute Gasteiger partial charge is 0.263 e. The minimum Gasteiger partial charge on any atom is -0.478 e. The van der Waals surface area contributed by atoms with Crippen molar-refractivity contribution in [1.29, 1.82) is 0 Å². The lowest BCUT2D eigenvalue weighted by molar-refractivity contribution is -0.134. The van der Waals surface area contributed by atoms with Gasteiger partial charge < -0.3 is 10.1 Å². The molecule has 2 aromatic rings.